The number of carbonyl (C=O) groups is 2. The second kappa shape index (κ2) is 5.56. The largest absolute Gasteiger partial charge is 0.481 e. The van der Waals surface area contributed by atoms with E-state index < -0.39 is 23.6 Å². The summed E-state index contributed by atoms with van der Waals surface area (Å²) in [6.45, 7) is 5.97. The van der Waals surface area contributed by atoms with Gasteiger partial charge in [-0.3, -0.25) is 4.79 Å². The molecule has 0 spiro atoms. The van der Waals surface area contributed by atoms with Crippen LogP contribution in [0.2, 0.25) is 0 Å². The molecule has 1 rings (SSSR count). The first-order valence-electron chi connectivity index (χ1n) is 6.06. The van der Waals surface area contributed by atoms with Crippen molar-refractivity contribution in [3.63, 3.8) is 0 Å². The van der Waals surface area contributed by atoms with Crippen LogP contribution in [0.15, 0.2) is 0 Å². The molecule has 2 N–H and O–H groups in total. The Hall–Kier alpha value is -1.30. The maximum Gasteiger partial charge on any atom is 0.410 e. The summed E-state index contributed by atoms with van der Waals surface area (Å²) in [5.74, 6) is -1.60. The van der Waals surface area contributed by atoms with Crippen molar-refractivity contribution < 1.29 is 24.5 Å². The molecular formula is C12H21NO5. The minimum Gasteiger partial charge on any atom is -0.481 e. The molecule has 18 heavy (non-hydrogen) atoms. The fraction of sp³-hybridized carbons (Fsp3) is 0.833. The fourth-order valence-electron chi connectivity index (χ4n) is 1.94. The number of amides is 1. The number of hydrogen-bond donors (Lipinski definition) is 2. The highest BCUT2D eigenvalue weighted by molar-refractivity contribution is 5.72. The first-order valence-corrected chi connectivity index (χ1v) is 6.06. The van der Waals surface area contributed by atoms with Crippen LogP contribution in [-0.4, -0.2) is 52.5 Å². The molecule has 1 unspecified atom stereocenters. The van der Waals surface area contributed by atoms with E-state index in [1.807, 2.05) is 0 Å². The summed E-state index contributed by atoms with van der Waals surface area (Å²) >= 11 is 0. The van der Waals surface area contributed by atoms with Crippen molar-refractivity contribution in [3.8, 4) is 0 Å². The molecule has 0 saturated carbocycles. The topological polar surface area (TPSA) is 87.1 Å². The molecular weight excluding hydrogens is 238 g/mol. The first kappa shape index (κ1) is 14.8. The van der Waals surface area contributed by atoms with Gasteiger partial charge < -0.3 is 19.8 Å². The number of carboxylic acids is 1. The molecule has 0 radical (unpaired) electrons. The smallest absolute Gasteiger partial charge is 0.410 e. The predicted octanol–water partition coefficient (Wildman–Crippen LogP) is 0.936. The zero-order valence-corrected chi connectivity index (χ0v) is 11.0. The Morgan fingerprint density at radius 1 is 1.39 bits per heavy atom. The van der Waals surface area contributed by atoms with Gasteiger partial charge in [0.1, 0.15) is 5.60 Å². The third-order valence-electron chi connectivity index (χ3n) is 2.89. The molecule has 6 nitrogen and oxygen atoms in total. The highest BCUT2D eigenvalue weighted by atomic mass is 16.6. The highest BCUT2D eigenvalue weighted by Crippen LogP contribution is 2.28. The van der Waals surface area contributed by atoms with Crippen LogP contribution in [0.5, 0.6) is 0 Å². The molecule has 1 saturated heterocycles. The van der Waals surface area contributed by atoms with Crippen molar-refractivity contribution in [2.75, 3.05) is 19.7 Å². The van der Waals surface area contributed by atoms with Gasteiger partial charge in [-0.25, -0.2) is 4.79 Å². The molecule has 1 amide bonds. The maximum atomic E-state index is 11.6. The maximum absolute atomic E-state index is 11.6. The monoisotopic (exact) mass is 259 g/mol. The lowest BCUT2D eigenvalue weighted by Gasteiger charge is -2.42. The van der Waals surface area contributed by atoms with Crippen LogP contribution in [0.4, 0.5) is 4.79 Å². The van der Waals surface area contributed by atoms with Crippen molar-refractivity contribution in [2.24, 2.45) is 11.8 Å². The third-order valence-corrected chi connectivity index (χ3v) is 2.89. The molecule has 0 aliphatic carbocycles. The number of hydrogen-bond acceptors (Lipinski definition) is 4. The van der Waals surface area contributed by atoms with E-state index in [4.69, 9.17) is 14.9 Å². The van der Waals surface area contributed by atoms with Crippen molar-refractivity contribution >= 4 is 12.1 Å². The van der Waals surface area contributed by atoms with Gasteiger partial charge in [0.15, 0.2) is 0 Å². The van der Waals surface area contributed by atoms with Crippen molar-refractivity contribution in [3.05, 3.63) is 0 Å². The zero-order valence-electron chi connectivity index (χ0n) is 11.0. The van der Waals surface area contributed by atoms with Gasteiger partial charge in [0.25, 0.3) is 0 Å². The van der Waals surface area contributed by atoms with Gasteiger partial charge >= 0.3 is 12.1 Å². The number of carboxylic acid groups (broad SMARTS) is 1. The van der Waals surface area contributed by atoms with Gasteiger partial charge in [0, 0.05) is 25.6 Å². The van der Waals surface area contributed by atoms with Crippen molar-refractivity contribution in [2.45, 2.75) is 32.8 Å². The molecule has 1 aliphatic heterocycles. The lowest BCUT2D eigenvalue weighted by atomic mass is 9.84. The molecule has 0 aromatic rings. The number of likely N-dealkylation sites (tertiary alicyclic amines) is 1. The SMILES string of the molecule is CC(C)(C)OC(=O)N1CC(C(CCO)C(=O)O)C1. The van der Waals surface area contributed by atoms with E-state index in [-0.39, 0.29) is 18.9 Å². The number of ether oxygens (including phenoxy) is 1. The van der Waals surface area contributed by atoms with E-state index in [0.29, 0.717) is 13.1 Å². The molecule has 104 valence electrons. The van der Waals surface area contributed by atoms with E-state index in [1.54, 1.807) is 20.8 Å². The summed E-state index contributed by atoms with van der Waals surface area (Å²) in [4.78, 5) is 24.1. The summed E-state index contributed by atoms with van der Waals surface area (Å²) in [6.07, 6.45) is -0.186. The van der Waals surface area contributed by atoms with Gasteiger partial charge in [0.05, 0.1) is 5.92 Å². The van der Waals surface area contributed by atoms with Crippen LogP contribution in [0, 0.1) is 11.8 Å². The van der Waals surface area contributed by atoms with Crippen LogP contribution in [-0.2, 0) is 9.53 Å². The molecule has 1 fully saturated rings. The Morgan fingerprint density at radius 2 is 1.94 bits per heavy atom. The molecule has 1 atom stereocenters. The Morgan fingerprint density at radius 3 is 2.33 bits per heavy atom. The summed E-state index contributed by atoms with van der Waals surface area (Å²) in [5, 5.41) is 17.8. The van der Waals surface area contributed by atoms with E-state index >= 15 is 0 Å². The number of nitrogens with zero attached hydrogens (tertiary/aromatic N) is 1. The molecule has 0 aromatic heterocycles. The average Bonchev–Trinajstić information content (AvgIpc) is 2.10. The second-order valence-corrected chi connectivity index (χ2v) is 5.60. The normalized spacial score (nSPS) is 18.1. The second-order valence-electron chi connectivity index (χ2n) is 5.60. The quantitative estimate of drug-likeness (QED) is 0.784. The standard InChI is InChI=1S/C12H21NO5/c1-12(2,3)18-11(17)13-6-8(7-13)9(4-5-14)10(15)16/h8-9,14H,4-7H2,1-3H3,(H,15,16). The number of aliphatic hydroxyl groups excluding tert-OH is 1. The molecule has 0 bridgehead atoms. The van der Waals surface area contributed by atoms with Gasteiger partial charge in [-0.2, -0.15) is 0 Å². The summed E-state index contributed by atoms with van der Waals surface area (Å²) < 4.78 is 5.18. The molecule has 1 aliphatic rings. The number of carbonyl (C=O) groups excluding carboxylic acids is 1. The summed E-state index contributed by atoms with van der Waals surface area (Å²) in [5.41, 5.74) is -0.542. The van der Waals surface area contributed by atoms with Crippen LogP contribution in [0.25, 0.3) is 0 Å². The van der Waals surface area contributed by atoms with Crippen molar-refractivity contribution in [1.82, 2.24) is 4.90 Å². The van der Waals surface area contributed by atoms with Crippen LogP contribution in [0.1, 0.15) is 27.2 Å². The third kappa shape index (κ3) is 3.87. The van der Waals surface area contributed by atoms with Crippen LogP contribution in [0.3, 0.4) is 0 Å². The Balaban J connectivity index is 2.43. The van der Waals surface area contributed by atoms with Gasteiger partial charge in [-0.15, -0.1) is 0 Å². The Labute approximate surface area is 107 Å². The van der Waals surface area contributed by atoms with Crippen molar-refractivity contribution in [1.29, 1.82) is 0 Å². The fourth-order valence-corrected chi connectivity index (χ4v) is 1.94. The Bertz CT molecular complexity index is 317. The van der Waals surface area contributed by atoms with E-state index in [0.717, 1.165) is 0 Å². The highest BCUT2D eigenvalue weighted by Gasteiger charge is 2.40. The minimum absolute atomic E-state index is 0.0952. The lowest BCUT2D eigenvalue weighted by molar-refractivity contribution is -0.147. The van der Waals surface area contributed by atoms with Crippen LogP contribution < -0.4 is 0 Å². The van der Waals surface area contributed by atoms with Gasteiger partial charge in [-0.05, 0) is 27.2 Å². The summed E-state index contributed by atoms with van der Waals surface area (Å²) in [6, 6.07) is 0. The van der Waals surface area contributed by atoms with Gasteiger partial charge in [0.2, 0.25) is 0 Å². The zero-order chi connectivity index (χ0) is 13.9. The molecule has 1 heterocycles. The molecule has 6 heteroatoms. The first-order chi connectivity index (χ1) is 8.24. The molecule has 0 aromatic carbocycles. The number of aliphatic hydroxyl groups is 1. The van der Waals surface area contributed by atoms with Gasteiger partial charge in [-0.1, -0.05) is 0 Å². The Kier molecular flexibility index (Phi) is 4.56. The van der Waals surface area contributed by atoms with E-state index in [9.17, 15) is 9.59 Å². The number of aliphatic carboxylic acids is 1. The van der Waals surface area contributed by atoms with Crippen LogP contribution >= 0.6 is 0 Å². The predicted molar refractivity (Wildman–Crippen MR) is 64.1 cm³/mol. The average molecular weight is 259 g/mol. The lowest BCUT2D eigenvalue weighted by Crippen LogP contribution is -2.55. The minimum atomic E-state index is -0.919. The van der Waals surface area contributed by atoms with E-state index in [2.05, 4.69) is 0 Å². The number of rotatable bonds is 4. The summed E-state index contributed by atoms with van der Waals surface area (Å²) in [7, 11) is 0. The van der Waals surface area contributed by atoms with E-state index in [1.165, 1.54) is 4.90 Å².